The summed E-state index contributed by atoms with van der Waals surface area (Å²) in [4.78, 5) is 0. The minimum absolute atomic E-state index is 0.0305. The van der Waals surface area contributed by atoms with Crippen LogP contribution in [-0.2, 0) is 6.61 Å². The highest BCUT2D eigenvalue weighted by molar-refractivity contribution is 5.50. The van der Waals surface area contributed by atoms with Crippen molar-refractivity contribution in [3.8, 4) is 0 Å². The Morgan fingerprint density at radius 2 is 1.87 bits per heavy atom. The maximum absolute atomic E-state index is 9.12. The van der Waals surface area contributed by atoms with Crippen molar-refractivity contribution in [1.82, 2.24) is 0 Å². The molecular formula is C12H19NO2. The average Bonchev–Trinajstić information content (AvgIpc) is 2.27. The Kier molecular flexibility index (Phi) is 4.12. The number of anilines is 1. The van der Waals surface area contributed by atoms with Gasteiger partial charge in [-0.05, 0) is 6.07 Å². The SMILES string of the molecule is CC(C)(CO)CNc1ccccc1CO. The molecule has 15 heavy (non-hydrogen) atoms. The van der Waals surface area contributed by atoms with Gasteiger partial charge in [0.05, 0.1) is 6.61 Å². The van der Waals surface area contributed by atoms with Gasteiger partial charge in [-0.2, -0.15) is 0 Å². The number of aliphatic hydroxyl groups excluding tert-OH is 2. The zero-order chi connectivity index (χ0) is 11.3. The smallest absolute Gasteiger partial charge is 0.0701 e. The first kappa shape index (κ1) is 12.0. The van der Waals surface area contributed by atoms with E-state index in [1.54, 1.807) is 0 Å². The monoisotopic (exact) mass is 209 g/mol. The molecule has 0 aliphatic heterocycles. The largest absolute Gasteiger partial charge is 0.396 e. The molecule has 1 aromatic carbocycles. The lowest BCUT2D eigenvalue weighted by atomic mass is 9.95. The molecule has 84 valence electrons. The molecule has 0 aliphatic rings. The van der Waals surface area contributed by atoms with Gasteiger partial charge in [-0.3, -0.25) is 0 Å². The summed E-state index contributed by atoms with van der Waals surface area (Å²) in [7, 11) is 0. The summed E-state index contributed by atoms with van der Waals surface area (Å²) >= 11 is 0. The molecule has 0 aliphatic carbocycles. The second-order valence-electron chi connectivity index (χ2n) is 4.49. The molecule has 1 aromatic rings. The number of benzene rings is 1. The van der Waals surface area contributed by atoms with E-state index in [0.29, 0.717) is 6.54 Å². The molecule has 0 radical (unpaired) electrons. The van der Waals surface area contributed by atoms with Crippen LogP contribution in [0.25, 0.3) is 0 Å². The summed E-state index contributed by atoms with van der Waals surface area (Å²) in [6, 6.07) is 7.63. The molecule has 0 heterocycles. The normalized spacial score (nSPS) is 11.5. The quantitative estimate of drug-likeness (QED) is 0.690. The molecule has 3 heteroatoms. The average molecular weight is 209 g/mol. The van der Waals surface area contributed by atoms with E-state index in [2.05, 4.69) is 5.32 Å². The minimum Gasteiger partial charge on any atom is -0.396 e. The van der Waals surface area contributed by atoms with E-state index in [0.717, 1.165) is 11.3 Å². The lowest BCUT2D eigenvalue weighted by molar-refractivity contribution is 0.170. The van der Waals surface area contributed by atoms with Crippen molar-refractivity contribution in [2.45, 2.75) is 20.5 Å². The molecule has 3 N–H and O–H groups in total. The van der Waals surface area contributed by atoms with Gasteiger partial charge in [-0.25, -0.2) is 0 Å². The van der Waals surface area contributed by atoms with Crippen LogP contribution >= 0.6 is 0 Å². The molecule has 0 atom stereocenters. The number of hydrogen-bond acceptors (Lipinski definition) is 3. The van der Waals surface area contributed by atoms with Gasteiger partial charge in [0.2, 0.25) is 0 Å². The highest BCUT2D eigenvalue weighted by Crippen LogP contribution is 2.19. The fourth-order valence-electron chi connectivity index (χ4n) is 1.22. The summed E-state index contributed by atoms with van der Waals surface area (Å²) in [5, 5.41) is 21.5. The first-order valence-electron chi connectivity index (χ1n) is 5.12. The second kappa shape index (κ2) is 5.14. The number of aliphatic hydroxyl groups is 2. The van der Waals surface area contributed by atoms with Crippen molar-refractivity contribution in [3.63, 3.8) is 0 Å². The van der Waals surface area contributed by atoms with Crippen molar-refractivity contribution < 1.29 is 10.2 Å². The Morgan fingerprint density at radius 3 is 2.47 bits per heavy atom. The van der Waals surface area contributed by atoms with Gasteiger partial charge in [-0.15, -0.1) is 0 Å². The standard InChI is InChI=1S/C12H19NO2/c1-12(2,9-15)8-13-11-6-4-3-5-10(11)7-14/h3-6,13-15H,7-9H2,1-2H3. The van der Waals surface area contributed by atoms with Crippen LogP contribution in [0.5, 0.6) is 0 Å². The van der Waals surface area contributed by atoms with Crippen LogP contribution in [0, 0.1) is 5.41 Å². The third-order valence-corrected chi connectivity index (χ3v) is 2.37. The van der Waals surface area contributed by atoms with Crippen LogP contribution in [0.1, 0.15) is 19.4 Å². The van der Waals surface area contributed by atoms with E-state index in [1.807, 2.05) is 38.1 Å². The maximum atomic E-state index is 9.12. The van der Waals surface area contributed by atoms with Crippen LogP contribution < -0.4 is 5.32 Å². The van der Waals surface area contributed by atoms with Gasteiger partial charge >= 0.3 is 0 Å². The van der Waals surface area contributed by atoms with Crippen LogP contribution in [0.2, 0.25) is 0 Å². The molecule has 0 saturated heterocycles. The molecule has 3 nitrogen and oxygen atoms in total. The highest BCUT2D eigenvalue weighted by atomic mass is 16.3. The molecule has 0 amide bonds. The van der Waals surface area contributed by atoms with Gasteiger partial charge in [0, 0.05) is 29.8 Å². The summed E-state index contributed by atoms with van der Waals surface area (Å²) in [5.74, 6) is 0. The van der Waals surface area contributed by atoms with Gasteiger partial charge in [-0.1, -0.05) is 32.0 Å². The Labute approximate surface area is 90.8 Å². The molecular weight excluding hydrogens is 190 g/mol. The van der Waals surface area contributed by atoms with Gasteiger partial charge < -0.3 is 15.5 Å². The lowest BCUT2D eigenvalue weighted by Gasteiger charge is -2.23. The first-order chi connectivity index (χ1) is 7.09. The fourth-order valence-corrected chi connectivity index (χ4v) is 1.22. The molecule has 0 unspecified atom stereocenters. The highest BCUT2D eigenvalue weighted by Gasteiger charge is 2.16. The number of nitrogens with one attached hydrogen (secondary N) is 1. The molecule has 0 bridgehead atoms. The number of rotatable bonds is 5. The lowest BCUT2D eigenvalue weighted by Crippen LogP contribution is -2.27. The number of para-hydroxylation sites is 1. The molecule has 0 fully saturated rings. The van der Waals surface area contributed by atoms with Crippen molar-refractivity contribution >= 4 is 5.69 Å². The predicted octanol–water partition coefficient (Wildman–Crippen LogP) is 1.61. The summed E-state index contributed by atoms with van der Waals surface area (Å²) in [6.45, 7) is 4.83. The topological polar surface area (TPSA) is 52.5 Å². The van der Waals surface area contributed by atoms with E-state index in [9.17, 15) is 0 Å². The Balaban J connectivity index is 2.65. The Hall–Kier alpha value is -1.06. The van der Waals surface area contributed by atoms with E-state index in [1.165, 1.54) is 0 Å². The van der Waals surface area contributed by atoms with Crippen LogP contribution in [0.15, 0.2) is 24.3 Å². The Morgan fingerprint density at radius 1 is 1.20 bits per heavy atom. The predicted molar refractivity (Wildman–Crippen MR) is 61.7 cm³/mol. The third-order valence-electron chi connectivity index (χ3n) is 2.37. The molecule has 0 aromatic heterocycles. The van der Waals surface area contributed by atoms with Gasteiger partial charge in [0.15, 0.2) is 0 Å². The van der Waals surface area contributed by atoms with E-state index >= 15 is 0 Å². The van der Waals surface area contributed by atoms with E-state index in [-0.39, 0.29) is 18.6 Å². The summed E-state index contributed by atoms with van der Waals surface area (Å²) in [5.41, 5.74) is 1.66. The molecule has 1 rings (SSSR count). The van der Waals surface area contributed by atoms with Crippen molar-refractivity contribution in [2.75, 3.05) is 18.5 Å². The second-order valence-corrected chi connectivity index (χ2v) is 4.49. The van der Waals surface area contributed by atoms with Crippen molar-refractivity contribution in [1.29, 1.82) is 0 Å². The maximum Gasteiger partial charge on any atom is 0.0701 e. The van der Waals surface area contributed by atoms with Crippen molar-refractivity contribution in [3.05, 3.63) is 29.8 Å². The minimum atomic E-state index is -0.150. The molecule has 0 spiro atoms. The van der Waals surface area contributed by atoms with Crippen LogP contribution in [0.4, 0.5) is 5.69 Å². The van der Waals surface area contributed by atoms with E-state index in [4.69, 9.17) is 10.2 Å². The number of hydrogen-bond donors (Lipinski definition) is 3. The zero-order valence-corrected chi connectivity index (χ0v) is 9.33. The Bertz CT molecular complexity index is 310. The van der Waals surface area contributed by atoms with Crippen LogP contribution in [0.3, 0.4) is 0 Å². The van der Waals surface area contributed by atoms with E-state index < -0.39 is 0 Å². The summed E-state index contributed by atoms with van der Waals surface area (Å²) in [6.07, 6.45) is 0. The summed E-state index contributed by atoms with van der Waals surface area (Å²) < 4.78 is 0. The zero-order valence-electron chi connectivity index (χ0n) is 9.33. The van der Waals surface area contributed by atoms with Crippen LogP contribution in [-0.4, -0.2) is 23.4 Å². The third kappa shape index (κ3) is 3.53. The first-order valence-corrected chi connectivity index (χ1v) is 5.12. The van der Waals surface area contributed by atoms with Crippen molar-refractivity contribution in [2.24, 2.45) is 5.41 Å². The molecule has 0 saturated carbocycles. The fraction of sp³-hybridized carbons (Fsp3) is 0.500. The van der Waals surface area contributed by atoms with Gasteiger partial charge in [0.1, 0.15) is 0 Å². The van der Waals surface area contributed by atoms with Gasteiger partial charge in [0.25, 0.3) is 0 Å².